The fraction of sp³-hybridized carbons (Fsp3) is 0.0588. The van der Waals surface area contributed by atoms with Crippen LogP contribution in [-0.2, 0) is 0 Å². The lowest BCUT2D eigenvalue weighted by Gasteiger charge is -1.97. The van der Waals surface area contributed by atoms with E-state index >= 15 is 0 Å². The summed E-state index contributed by atoms with van der Waals surface area (Å²) in [7, 11) is 0. The number of fused-ring (bicyclic) bond motifs is 3. The highest BCUT2D eigenvalue weighted by Crippen LogP contribution is 2.45. The standard InChI is InChI=1S/C34H22OS5/c1-19-3-6-22-23-7-5-21(18-25(23)35-24(22)17-19)26-9-10-29(37-26)30-13-14-33(39-30)34-16-15-32(40-34)31-12-11-28(38-31)27-8-4-20(2)36-27/h3-18H,1-2H3. The third-order valence-corrected chi connectivity index (χ3v) is 13.2. The Labute approximate surface area is 252 Å². The van der Waals surface area contributed by atoms with E-state index < -0.39 is 0 Å². The van der Waals surface area contributed by atoms with E-state index in [1.807, 2.05) is 56.7 Å². The molecule has 8 rings (SSSR count). The van der Waals surface area contributed by atoms with Gasteiger partial charge in [0.2, 0.25) is 0 Å². The molecule has 0 aliphatic carbocycles. The summed E-state index contributed by atoms with van der Waals surface area (Å²) in [5, 5.41) is 2.35. The number of benzene rings is 2. The van der Waals surface area contributed by atoms with Crippen LogP contribution in [0.2, 0.25) is 0 Å². The Bertz CT molecular complexity index is 2150. The van der Waals surface area contributed by atoms with Gasteiger partial charge in [-0.25, -0.2) is 0 Å². The van der Waals surface area contributed by atoms with E-state index in [2.05, 4.69) is 111 Å². The Hall–Kier alpha value is -3.26. The Morgan fingerprint density at radius 2 is 0.825 bits per heavy atom. The van der Waals surface area contributed by atoms with Crippen molar-refractivity contribution < 1.29 is 4.42 Å². The van der Waals surface area contributed by atoms with Gasteiger partial charge in [-0.05, 0) is 104 Å². The lowest BCUT2D eigenvalue weighted by atomic mass is 10.1. The van der Waals surface area contributed by atoms with Crippen LogP contribution >= 0.6 is 56.7 Å². The topological polar surface area (TPSA) is 13.1 Å². The number of furan rings is 1. The highest BCUT2D eigenvalue weighted by molar-refractivity contribution is 7.30. The van der Waals surface area contributed by atoms with Crippen molar-refractivity contribution in [2.45, 2.75) is 13.8 Å². The largest absolute Gasteiger partial charge is 0.456 e. The molecule has 0 radical (unpaired) electrons. The van der Waals surface area contributed by atoms with Crippen LogP contribution in [0.4, 0.5) is 0 Å². The SMILES string of the molecule is Cc1ccc2c(c1)oc1cc(-c3ccc(-c4ccc(-c5ccc(-c6ccc(-c7ccc(C)s7)s6)s5)s4)s3)ccc12. The average Bonchev–Trinajstić information content (AvgIpc) is 3.79. The molecule has 0 aliphatic rings. The van der Waals surface area contributed by atoms with E-state index in [9.17, 15) is 0 Å². The second kappa shape index (κ2) is 9.68. The smallest absolute Gasteiger partial charge is 0.136 e. The van der Waals surface area contributed by atoms with Crippen LogP contribution in [0, 0.1) is 13.8 Å². The first-order chi connectivity index (χ1) is 19.6. The highest BCUT2D eigenvalue weighted by atomic mass is 32.1. The van der Waals surface area contributed by atoms with Crippen molar-refractivity contribution in [3.8, 4) is 49.5 Å². The fourth-order valence-electron chi connectivity index (χ4n) is 5.04. The van der Waals surface area contributed by atoms with Gasteiger partial charge in [0, 0.05) is 59.5 Å². The summed E-state index contributed by atoms with van der Waals surface area (Å²) in [6, 6.07) is 35.5. The minimum atomic E-state index is 0.948. The zero-order valence-electron chi connectivity index (χ0n) is 21.7. The van der Waals surface area contributed by atoms with Gasteiger partial charge in [0.1, 0.15) is 11.2 Å². The highest BCUT2D eigenvalue weighted by Gasteiger charge is 2.14. The number of thiophene rings is 5. The Morgan fingerprint density at radius 1 is 0.400 bits per heavy atom. The van der Waals surface area contributed by atoms with Crippen molar-refractivity contribution in [3.63, 3.8) is 0 Å². The molecule has 194 valence electrons. The van der Waals surface area contributed by atoms with Crippen LogP contribution in [0.15, 0.2) is 101 Å². The van der Waals surface area contributed by atoms with Gasteiger partial charge in [0.25, 0.3) is 0 Å². The Kier molecular flexibility index (Phi) is 5.94. The number of aryl methyl sites for hydroxylation is 2. The van der Waals surface area contributed by atoms with Gasteiger partial charge in [0.05, 0.1) is 0 Å². The molecule has 0 spiro atoms. The maximum absolute atomic E-state index is 6.21. The molecule has 6 heteroatoms. The maximum Gasteiger partial charge on any atom is 0.136 e. The van der Waals surface area contributed by atoms with E-state index in [1.54, 1.807) is 0 Å². The van der Waals surface area contributed by atoms with E-state index in [4.69, 9.17) is 4.42 Å². The van der Waals surface area contributed by atoms with Gasteiger partial charge in [0.15, 0.2) is 0 Å². The monoisotopic (exact) mass is 606 g/mol. The number of hydrogen-bond acceptors (Lipinski definition) is 6. The summed E-state index contributed by atoms with van der Waals surface area (Å²) >= 11 is 9.35. The zero-order valence-corrected chi connectivity index (χ0v) is 25.8. The van der Waals surface area contributed by atoms with E-state index in [0.29, 0.717) is 0 Å². The Morgan fingerprint density at radius 3 is 1.35 bits per heavy atom. The molecule has 6 aromatic heterocycles. The second-order valence-electron chi connectivity index (χ2n) is 9.88. The first kappa shape index (κ1) is 24.5. The number of hydrogen-bond donors (Lipinski definition) is 0. The van der Waals surface area contributed by atoms with E-state index in [1.165, 1.54) is 70.7 Å². The molecule has 40 heavy (non-hydrogen) atoms. The maximum atomic E-state index is 6.21. The summed E-state index contributed by atoms with van der Waals surface area (Å²) < 4.78 is 6.21. The molecule has 2 aromatic carbocycles. The molecule has 8 aromatic rings. The predicted molar refractivity (Wildman–Crippen MR) is 180 cm³/mol. The molecule has 0 saturated carbocycles. The predicted octanol–water partition coefficient (Wildman–Crippen LogP) is 12.8. The molecular formula is C34H22OS5. The minimum absolute atomic E-state index is 0.948. The zero-order chi connectivity index (χ0) is 26.8. The van der Waals surface area contributed by atoms with Crippen LogP contribution in [0.5, 0.6) is 0 Å². The number of rotatable bonds is 5. The molecule has 0 bridgehead atoms. The van der Waals surface area contributed by atoms with Gasteiger partial charge in [-0.3, -0.25) is 0 Å². The summed E-state index contributed by atoms with van der Waals surface area (Å²) in [5.41, 5.74) is 4.32. The van der Waals surface area contributed by atoms with Crippen molar-refractivity contribution in [2.24, 2.45) is 0 Å². The normalized spacial score (nSPS) is 11.8. The van der Waals surface area contributed by atoms with Crippen molar-refractivity contribution >= 4 is 78.6 Å². The van der Waals surface area contributed by atoms with Gasteiger partial charge < -0.3 is 4.42 Å². The van der Waals surface area contributed by atoms with Gasteiger partial charge in [-0.2, -0.15) is 0 Å². The summed E-state index contributed by atoms with van der Waals surface area (Å²) in [6.07, 6.45) is 0. The summed E-state index contributed by atoms with van der Waals surface area (Å²) in [4.78, 5) is 13.3. The van der Waals surface area contributed by atoms with Crippen molar-refractivity contribution in [1.82, 2.24) is 0 Å². The van der Waals surface area contributed by atoms with Crippen LogP contribution in [-0.4, -0.2) is 0 Å². The van der Waals surface area contributed by atoms with Gasteiger partial charge in [-0.1, -0.05) is 18.2 Å². The molecule has 0 saturated heterocycles. The molecule has 1 nitrogen and oxygen atoms in total. The van der Waals surface area contributed by atoms with Crippen molar-refractivity contribution in [2.75, 3.05) is 0 Å². The van der Waals surface area contributed by atoms with Crippen LogP contribution in [0.1, 0.15) is 10.4 Å². The lowest BCUT2D eigenvalue weighted by Crippen LogP contribution is -1.72. The van der Waals surface area contributed by atoms with E-state index in [0.717, 1.165) is 11.2 Å². The van der Waals surface area contributed by atoms with Crippen LogP contribution in [0.3, 0.4) is 0 Å². The first-order valence-electron chi connectivity index (χ1n) is 13.0. The first-order valence-corrected chi connectivity index (χ1v) is 17.1. The molecule has 0 fully saturated rings. The minimum Gasteiger partial charge on any atom is -0.456 e. The fourth-order valence-corrected chi connectivity index (χ4v) is 10.3. The molecule has 0 aliphatic heterocycles. The van der Waals surface area contributed by atoms with Crippen LogP contribution < -0.4 is 0 Å². The quantitative estimate of drug-likeness (QED) is 0.190. The second-order valence-corrected chi connectivity index (χ2v) is 15.5. The van der Waals surface area contributed by atoms with E-state index in [-0.39, 0.29) is 0 Å². The lowest BCUT2D eigenvalue weighted by molar-refractivity contribution is 0.669. The molecule has 0 N–H and O–H groups in total. The van der Waals surface area contributed by atoms with Gasteiger partial charge >= 0.3 is 0 Å². The molecule has 0 amide bonds. The average molecular weight is 607 g/mol. The molecule has 0 unspecified atom stereocenters. The van der Waals surface area contributed by atoms with Gasteiger partial charge in [-0.15, -0.1) is 56.7 Å². The molecule has 6 heterocycles. The van der Waals surface area contributed by atoms with Crippen molar-refractivity contribution in [1.29, 1.82) is 0 Å². The summed E-state index contributed by atoms with van der Waals surface area (Å²) in [5.74, 6) is 0. The molecule has 0 atom stereocenters. The van der Waals surface area contributed by atoms with Crippen molar-refractivity contribution in [3.05, 3.63) is 108 Å². The van der Waals surface area contributed by atoms with Crippen LogP contribution in [0.25, 0.3) is 71.4 Å². The summed E-state index contributed by atoms with van der Waals surface area (Å²) in [6.45, 7) is 4.27. The Balaban J connectivity index is 1.05. The third kappa shape index (κ3) is 4.31. The third-order valence-electron chi connectivity index (χ3n) is 7.05. The molecular weight excluding hydrogens is 585 g/mol.